The van der Waals surface area contributed by atoms with Crippen molar-refractivity contribution < 1.29 is 17.9 Å². The van der Waals surface area contributed by atoms with Gasteiger partial charge in [-0.1, -0.05) is 11.6 Å². The summed E-state index contributed by atoms with van der Waals surface area (Å²) < 4.78 is 41.3. The molecule has 0 aromatic rings. The summed E-state index contributed by atoms with van der Waals surface area (Å²) in [5, 5.41) is -0.299. The average molecular weight is 212 g/mol. The van der Waals surface area contributed by atoms with Crippen LogP contribution in [0.15, 0.2) is 22.4 Å². The molecule has 0 fully saturated rings. The molecule has 0 bridgehead atoms. The number of alkyl halides is 3. The van der Waals surface area contributed by atoms with Gasteiger partial charge in [0.05, 0.1) is 17.7 Å². The molecule has 0 aromatic carbocycles. The largest absolute Gasteiger partial charge is 0.501 e. The summed E-state index contributed by atoms with van der Waals surface area (Å²) in [6.07, 6.45) is -2.09. The van der Waals surface area contributed by atoms with Gasteiger partial charge in [0.1, 0.15) is 5.76 Å². The fourth-order valence-corrected chi connectivity index (χ4v) is 1.26. The van der Waals surface area contributed by atoms with Gasteiger partial charge in [-0.25, -0.2) is 0 Å². The molecule has 1 aliphatic carbocycles. The lowest BCUT2D eigenvalue weighted by Crippen LogP contribution is -2.15. The van der Waals surface area contributed by atoms with Gasteiger partial charge in [-0.15, -0.1) is 0 Å². The number of hydrogen-bond acceptors (Lipinski definition) is 1. The first-order chi connectivity index (χ1) is 5.95. The summed E-state index contributed by atoms with van der Waals surface area (Å²) >= 11 is 5.42. The molecule has 0 atom stereocenters. The first-order valence-electron chi connectivity index (χ1n) is 3.50. The highest BCUT2D eigenvalue weighted by Crippen LogP contribution is 2.37. The molecule has 0 saturated heterocycles. The van der Waals surface area contributed by atoms with Crippen molar-refractivity contribution in [3.63, 3.8) is 0 Å². The molecule has 5 heteroatoms. The number of methoxy groups -OCH3 is 1. The normalized spacial score (nSPS) is 18.7. The summed E-state index contributed by atoms with van der Waals surface area (Å²) in [7, 11) is 1.38. The van der Waals surface area contributed by atoms with Crippen molar-refractivity contribution in [1.29, 1.82) is 0 Å². The minimum atomic E-state index is -4.36. The highest BCUT2D eigenvalue weighted by Gasteiger charge is 2.36. The van der Waals surface area contributed by atoms with Gasteiger partial charge >= 0.3 is 6.18 Å². The van der Waals surface area contributed by atoms with E-state index in [1.807, 2.05) is 0 Å². The van der Waals surface area contributed by atoms with Crippen LogP contribution in [0.25, 0.3) is 0 Å². The van der Waals surface area contributed by atoms with Crippen molar-refractivity contribution in [3.8, 4) is 0 Å². The predicted molar refractivity (Wildman–Crippen MR) is 42.9 cm³/mol. The Kier molecular flexibility index (Phi) is 2.91. The molecule has 1 rings (SSSR count). The van der Waals surface area contributed by atoms with Crippen LogP contribution in [0.2, 0.25) is 0 Å². The number of ether oxygens (including phenoxy) is 1. The third-order valence-electron chi connectivity index (χ3n) is 1.64. The SMILES string of the molecule is COC1=CC(Cl)=C(C(F)(F)F)C[CH]1. The predicted octanol–water partition coefficient (Wildman–Crippen LogP) is 3.18. The molecule has 0 N–H and O–H groups in total. The summed E-state index contributed by atoms with van der Waals surface area (Å²) in [6.45, 7) is 0. The lowest BCUT2D eigenvalue weighted by Gasteiger charge is -2.17. The molecule has 1 radical (unpaired) electrons. The Morgan fingerprint density at radius 3 is 2.46 bits per heavy atom. The molecule has 0 spiro atoms. The van der Waals surface area contributed by atoms with E-state index in [1.165, 1.54) is 13.5 Å². The minimum Gasteiger partial charge on any atom is -0.501 e. The molecule has 0 aliphatic heterocycles. The molecule has 13 heavy (non-hydrogen) atoms. The fraction of sp³-hybridized carbons (Fsp3) is 0.375. The molecular formula is C8H7ClF3O. The smallest absolute Gasteiger partial charge is 0.414 e. The van der Waals surface area contributed by atoms with Crippen LogP contribution in [0.4, 0.5) is 13.2 Å². The van der Waals surface area contributed by atoms with Gasteiger partial charge in [-0.05, 0) is 12.5 Å². The van der Waals surface area contributed by atoms with E-state index in [0.717, 1.165) is 6.08 Å². The third-order valence-corrected chi connectivity index (χ3v) is 1.98. The van der Waals surface area contributed by atoms with Crippen LogP contribution in [0.5, 0.6) is 0 Å². The van der Waals surface area contributed by atoms with Gasteiger partial charge in [0.2, 0.25) is 0 Å². The number of allylic oxidation sites excluding steroid dienone is 4. The van der Waals surface area contributed by atoms with Crippen LogP contribution < -0.4 is 0 Å². The Morgan fingerprint density at radius 2 is 2.08 bits per heavy atom. The van der Waals surface area contributed by atoms with Gasteiger partial charge in [-0.2, -0.15) is 13.2 Å². The zero-order chi connectivity index (χ0) is 10.1. The van der Waals surface area contributed by atoms with E-state index >= 15 is 0 Å². The summed E-state index contributed by atoms with van der Waals surface area (Å²) in [6, 6.07) is 0. The molecule has 0 aromatic heterocycles. The van der Waals surface area contributed by atoms with Crippen LogP contribution in [0, 0.1) is 6.42 Å². The maximum atomic E-state index is 12.2. The van der Waals surface area contributed by atoms with Crippen molar-refractivity contribution in [2.45, 2.75) is 12.6 Å². The van der Waals surface area contributed by atoms with Crippen molar-refractivity contribution >= 4 is 11.6 Å². The van der Waals surface area contributed by atoms with Crippen molar-refractivity contribution in [1.82, 2.24) is 0 Å². The van der Waals surface area contributed by atoms with Crippen molar-refractivity contribution in [2.24, 2.45) is 0 Å². The Morgan fingerprint density at radius 1 is 1.46 bits per heavy atom. The van der Waals surface area contributed by atoms with E-state index < -0.39 is 11.7 Å². The van der Waals surface area contributed by atoms with Crippen LogP contribution in [0.1, 0.15) is 6.42 Å². The summed E-state index contributed by atoms with van der Waals surface area (Å²) in [5.41, 5.74) is -0.727. The Bertz CT molecular complexity index is 265. The highest BCUT2D eigenvalue weighted by molar-refractivity contribution is 6.31. The quantitative estimate of drug-likeness (QED) is 0.647. The third kappa shape index (κ3) is 2.40. The van der Waals surface area contributed by atoms with Crippen LogP contribution in [-0.2, 0) is 4.74 Å². The number of hydrogen-bond donors (Lipinski definition) is 0. The highest BCUT2D eigenvalue weighted by atomic mass is 35.5. The summed E-state index contributed by atoms with van der Waals surface area (Å²) in [5.74, 6) is 0.359. The first-order valence-corrected chi connectivity index (χ1v) is 3.87. The van der Waals surface area contributed by atoms with E-state index in [2.05, 4.69) is 0 Å². The molecule has 0 amide bonds. The molecule has 0 heterocycles. The second-order valence-electron chi connectivity index (χ2n) is 2.48. The van der Waals surface area contributed by atoms with Crippen LogP contribution in [0.3, 0.4) is 0 Å². The van der Waals surface area contributed by atoms with E-state index in [1.54, 1.807) is 0 Å². The summed E-state index contributed by atoms with van der Waals surface area (Å²) in [4.78, 5) is 0. The average Bonchev–Trinajstić information content (AvgIpc) is 2.01. The lowest BCUT2D eigenvalue weighted by molar-refractivity contribution is -0.0937. The molecule has 0 unspecified atom stereocenters. The van der Waals surface area contributed by atoms with E-state index in [4.69, 9.17) is 16.3 Å². The Balaban J connectivity index is 2.94. The molecule has 73 valence electrons. The standard InChI is InChI=1S/C8H7ClF3O/c1-13-5-2-3-6(7(9)4-5)8(10,11)12/h2,4H,3H2,1H3. The second kappa shape index (κ2) is 3.62. The van der Waals surface area contributed by atoms with Gasteiger partial charge in [0, 0.05) is 6.42 Å². The second-order valence-corrected chi connectivity index (χ2v) is 2.89. The minimum absolute atomic E-state index is 0.234. The lowest BCUT2D eigenvalue weighted by atomic mass is 10.0. The fourth-order valence-electron chi connectivity index (χ4n) is 0.964. The molecular weight excluding hydrogens is 205 g/mol. The monoisotopic (exact) mass is 211 g/mol. The van der Waals surface area contributed by atoms with Crippen LogP contribution in [-0.4, -0.2) is 13.3 Å². The first kappa shape index (κ1) is 10.4. The van der Waals surface area contributed by atoms with Crippen molar-refractivity contribution in [2.75, 3.05) is 7.11 Å². The van der Waals surface area contributed by atoms with Crippen molar-refractivity contribution in [3.05, 3.63) is 28.9 Å². The Hall–Kier alpha value is -0.640. The van der Waals surface area contributed by atoms with Gasteiger partial charge in [0.25, 0.3) is 0 Å². The van der Waals surface area contributed by atoms with Gasteiger partial charge < -0.3 is 4.74 Å². The zero-order valence-corrected chi connectivity index (χ0v) is 7.54. The zero-order valence-electron chi connectivity index (χ0n) is 6.78. The van der Waals surface area contributed by atoms with E-state index in [0.29, 0.717) is 5.76 Å². The van der Waals surface area contributed by atoms with Gasteiger partial charge in [0.15, 0.2) is 0 Å². The molecule has 0 saturated carbocycles. The van der Waals surface area contributed by atoms with Crippen LogP contribution >= 0.6 is 11.6 Å². The topological polar surface area (TPSA) is 9.23 Å². The molecule has 1 nitrogen and oxygen atoms in total. The number of halogens is 4. The molecule has 1 aliphatic rings. The number of rotatable bonds is 1. The van der Waals surface area contributed by atoms with E-state index in [-0.39, 0.29) is 11.5 Å². The maximum Gasteiger partial charge on any atom is 0.414 e. The maximum absolute atomic E-state index is 12.2. The van der Waals surface area contributed by atoms with Gasteiger partial charge in [-0.3, -0.25) is 0 Å². The Labute approximate surface area is 78.8 Å². The van der Waals surface area contributed by atoms with E-state index in [9.17, 15) is 13.2 Å².